The summed E-state index contributed by atoms with van der Waals surface area (Å²) in [6.45, 7) is 0. The molecule has 0 spiro atoms. The Hall–Kier alpha value is -8.61. The van der Waals surface area contributed by atoms with Crippen LogP contribution in [0.2, 0.25) is 0 Å². The molecule has 0 fully saturated rings. The Kier molecular flexibility index (Phi) is 7.02. The fraction of sp³-hybridized carbons (Fsp3) is 0. The summed E-state index contributed by atoms with van der Waals surface area (Å²) in [4.78, 5) is 15.3. The van der Waals surface area contributed by atoms with Crippen LogP contribution in [0.4, 0.5) is 0 Å². The molecule has 4 heterocycles. The molecule has 0 atom stereocenters. The normalized spacial score (nSPS) is 12.1. The van der Waals surface area contributed by atoms with E-state index in [-0.39, 0.29) is 0 Å². The summed E-state index contributed by atoms with van der Waals surface area (Å²) in [5, 5.41) is 13.8. The molecule has 292 valence electrons. The Balaban J connectivity index is 0.986. The number of hydrogen-bond acceptors (Lipinski definition) is 5. The van der Waals surface area contributed by atoms with Gasteiger partial charge in [0.2, 0.25) is 0 Å². The van der Waals surface area contributed by atoms with Crippen LogP contribution in [0.3, 0.4) is 0 Å². The maximum absolute atomic E-state index is 6.61. The standard InChI is InChI=1S/C57H32N4O2/c1-2-11-35(12-3-1)55-58-56(60-57(59-55)39-20-24-43-42-16-8-9-17-49(42)63-52(43)31-39)38-22-26-50-47(29-38)53-45-32-40(23-18-34(45)21-27-51(53)62-50)61-48-30-37-14-5-4-13-36(37)28-46(48)44-25-19-33-10-6-7-15-41(33)54(44)61/h1-32H. The highest BCUT2D eigenvalue weighted by molar-refractivity contribution is 6.22. The molecule has 14 rings (SSSR count). The number of furan rings is 2. The fourth-order valence-electron chi connectivity index (χ4n) is 9.81. The van der Waals surface area contributed by atoms with Crippen molar-refractivity contribution in [1.29, 1.82) is 0 Å². The molecular formula is C57H32N4O2. The van der Waals surface area contributed by atoms with Crippen molar-refractivity contribution in [3.8, 4) is 39.9 Å². The van der Waals surface area contributed by atoms with Gasteiger partial charge in [0, 0.05) is 60.1 Å². The highest BCUT2D eigenvalue weighted by Gasteiger charge is 2.20. The zero-order valence-corrected chi connectivity index (χ0v) is 33.6. The molecule has 4 aromatic heterocycles. The van der Waals surface area contributed by atoms with Gasteiger partial charge in [-0.3, -0.25) is 0 Å². The first-order chi connectivity index (χ1) is 31.2. The van der Waals surface area contributed by atoms with Crippen LogP contribution in [-0.4, -0.2) is 19.5 Å². The number of para-hydroxylation sites is 1. The predicted molar refractivity (Wildman–Crippen MR) is 258 cm³/mol. The zero-order valence-electron chi connectivity index (χ0n) is 33.6. The first-order valence-corrected chi connectivity index (χ1v) is 21.2. The van der Waals surface area contributed by atoms with Crippen LogP contribution in [0, 0.1) is 0 Å². The van der Waals surface area contributed by atoms with E-state index in [2.05, 4.69) is 132 Å². The minimum atomic E-state index is 0.569. The summed E-state index contributed by atoms with van der Waals surface area (Å²) in [5.41, 5.74) is 9.34. The van der Waals surface area contributed by atoms with Gasteiger partial charge in [-0.05, 0) is 93.7 Å². The number of fused-ring (bicyclic) bond motifs is 14. The van der Waals surface area contributed by atoms with Crippen molar-refractivity contribution in [1.82, 2.24) is 19.5 Å². The maximum Gasteiger partial charge on any atom is 0.164 e. The molecular weight excluding hydrogens is 773 g/mol. The molecule has 0 unspecified atom stereocenters. The van der Waals surface area contributed by atoms with Crippen molar-refractivity contribution in [2.24, 2.45) is 0 Å². The smallest absolute Gasteiger partial charge is 0.164 e. The van der Waals surface area contributed by atoms with Crippen molar-refractivity contribution in [2.45, 2.75) is 0 Å². The van der Waals surface area contributed by atoms with E-state index in [0.717, 1.165) is 77.0 Å². The minimum absolute atomic E-state index is 0.569. The molecule has 0 bridgehead atoms. The zero-order chi connectivity index (χ0) is 41.2. The quantitative estimate of drug-likeness (QED) is 0.177. The number of rotatable bonds is 4. The van der Waals surface area contributed by atoms with Gasteiger partial charge < -0.3 is 13.4 Å². The molecule has 0 amide bonds. The minimum Gasteiger partial charge on any atom is -0.456 e. The highest BCUT2D eigenvalue weighted by atomic mass is 16.3. The van der Waals surface area contributed by atoms with Crippen molar-refractivity contribution in [3.63, 3.8) is 0 Å². The Morgan fingerprint density at radius 1 is 0.317 bits per heavy atom. The number of benzene rings is 10. The molecule has 0 radical (unpaired) electrons. The summed E-state index contributed by atoms with van der Waals surface area (Å²) in [6.07, 6.45) is 0. The van der Waals surface area contributed by atoms with Crippen molar-refractivity contribution in [3.05, 3.63) is 194 Å². The van der Waals surface area contributed by atoms with Crippen LogP contribution in [0.25, 0.3) is 138 Å². The van der Waals surface area contributed by atoms with Crippen LogP contribution < -0.4 is 0 Å². The van der Waals surface area contributed by atoms with Gasteiger partial charge in [0.1, 0.15) is 22.3 Å². The number of aromatic nitrogens is 4. The Morgan fingerprint density at radius 3 is 1.76 bits per heavy atom. The van der Waals surface area contributed by atoms with Crippen LogP contribution in [0.1, 0.15) is 0 Å². The lowest BCUT2D eigenvalue weighted by molar-refractivity contribution is 0.668. The molecule has 0 N–H and O–H groups in total. The van der Waals surface area contributed by atoms with E-state index in [1.54, 1.807) is 0 Å². The van der Waals surface area contributed by atoms with E-state index in [1.807, 2.05) is 66.7 Å². The van der Waals surface area contributed by atoms with Crippen LogP contribution in [0.15, 0.2) is 203 Å². The lowest BCUT2D eigenvalue weighted by Crippen LogP contribution is -2.00. The Morgan fingerprint density at radius 2 is 0.905 bits per heavy atom. The average Bonchev–Trinajstić information content (AvgIpc) is 4.02. The predicted octanol–water partition coefficient (Wildman–Crippen LogP) is 15.2. The van der Waals surface area contributed by atoms with Gasteiger partial charge >= 0.3 is 0 Å². The van der Waals surface area contributed by atoms with Gasteiger partial charge in [0.05, 0.1) is 11.0 Å². The molecule has 0 saturated carbocycles. The average molecular weight is 805 g/mol. The second-order valence-electron chi connectivity index (χ2n) is 16.4. The fourth-order valence-corrected chi connectivity index (χ4v) is 9.81. The SMILES string of the molecule is c1ccc(-c2nc(-c3ccc4c(c3)oc3ccccc34)nc(-c3ccc4oc5ccc6ccc(-n7c8cc9ccccc9cc8c8ccc9ccccc9c87)cc6c5c4c3)n2)cc1. The third kappa shape index (κ3) is 5.15. The second-order valence-corrected chi connectivity index (χ2v) is 16.4. The van der Waals surface area contributed by atoms with E-state index in [0.29, 0.717) is 17.5 Å². The maximum atomic E-state index is 6.61. The monoisotopic (exact) mass is 804 g/mol. The molecule has 10 aromatic carbocycles. The number of hydrogen-bond donors (Lipinski definition) is 0. The molecule has 0 aliphatic heterocycles. The van der Waals surface area contributed by atoms with Gasteiger partial charge in [-0.1, -0.05) is 127 Å². The van der Waals surface area contributed by atoms with E-state index < -0.39 is 0 Å². The first-order valence-electron chi connectivity index (χ1n) is 21.2. The van der Waals surface area contributed by atoms with Crippen molar-refractivity contribution in [2.75, 3.05) is 0 Å². The molecule has 6 heteroatoms. The third-order valence-electron chi connectivity index (χ3n) is 12.8. The van der Waals surface area contributed by atoms with Crippen molar-refractivity contribution < 1.29 is 8.83 Å². The van der Waals surface area contributed by atoms with Gasteiger partial charge in [-0.15, -0.1) is 0 Å². The van der Waals surface area contributed by atoms with Crippen LogP contribution in [0.5, 0.6) is 0 Å². The summed E-state index contributed by atoms with van der Waals surface area (Å²) in [6, 6.07) is 68.2. The van der Waals surface area contributed by atoms with Gasteiger partial charge in [0.25, 0.3) is 0 Å². The summed E-state index contributed by atoms with van der Waals surface area (Å²) < 4.78 is 15.3. The van der Waals surface area contributed by atoms with Crippen molar-refractivity contribution >= 4 is 98.0 Å². The van der Waals surface area contributed by atoms with E-state index >= 15 is 0 Å². The van der Waals surface area contributed by atoms with Crippen LogP contribution in [-0.2, 0) is 0 Å². The molecule has 63 heavy (non-hydrogen) atoms. The lowest BCUT2D eigenvalue weighted by Gasteiger charge is -2.12. The molecule has 6 nitrogen and oxygen atoms in total. The molecule has 0 aliphatic carbocycles. The summed E-state index contributed by atoms with van der Waals surface area (Å²) in [7, 11) is 0. The molecule has 0 saturated heterocycles. The third-order valence-corrected chi connectivity index (χ3v) is 12.8. The van der Waals surface area contributed by atoms with Crippen LogP contribution >= 0.6 is 0 Å². The summed E-state index contributed by atoms with van der Waals surface area (Å²) >= 11 is 0. The van der Waals surface area contributed by atoms with Gasteiger partial charge in [-0.2, -0.15) is 0 Å². The largest absolute Gasteiger partial charge is 0.456 e. The highest BCUT2D eigenvalue weighted by Crippen LogP contribution is 2.42. The second kappa shape index (κ2) is 12.9. The molecule has 0 aliphatic rings. The van der Waals surface area contributed by atoms with E-state index in [1.165, 1.54) is 43.4 Å². The lowest BCUT2D eigenvalue weighted by atomic mass is 10.0. The summed E-state index contributed by atoms with van der Waals surface area (Å²) in [5.74, 6) is 1.74. The topological polar surface area (TPSA) is 69.9 Å². The van der Waals surface area contributed by atoms with Gasteiger partial charge in [0.15, 0.2) is 17.5 Å². The first kappa shape index (κ1) is 34.1. The molecule has 14 aromatic rings. The van der Waals surface area contributed by atoms with Gasteiger partial charge in [-0.25, -0.2) is 15.0 Å². The van der Waals surface area contributed by atoms with E-state index in [9.17, 15) is 0 Å². The Bertz CT molecular complexity index is 4220. The Labute approximate surface area is 358 Å². The number of nitrogens with zero attached hydrogens (tertiary/aromatic N) is 4. The van der Waals surface area contributed by atoms with E-state index in [4.69, 9.17) is 23.8 Å².